The van der Waals surface area contributed by atoms with Crippen molar-refractivity contribution in [2.75, 3.05) is 6.54 Å². The van der Waals surface area contributed by atoms with Crippen LogP contribution in [0, 0.1) is 0 Å². The predicted molar refractivity (Wildman–Crippen MR) is 90.3 cm³/mol. The van der Waals surface area contributed by atoms with Gasteiger partial charge in [0, 0.05) is 23.3 Å². The summed E-state index contributed by atoms with van der Waals surface area (Å²) in [5.41, 5.74) is 0.367. The molecule has 0 radical (unpaired) electrons. The van der Waals surface area contributed by atoms with E-state index in [2.05, 4.69) is 15.3 Å². The molecular formula is C17H17N3O3S. The number of hydrogen-bond donors (Lipinski definition) is 2. The lowest BCUT2D eigenvalue weighted by molar-refractivity contribution is -0.121. The van der Waals surface area contributed by atoms with Crippen LogP contribution < -0.4 is 5.32 Å². The molecule has 3 aromatic rings. The third-order valence-electron chi connectivity index (χ3n) is 3.48. The molecule has 24 heavy (non-hydrogen) atoms. The van der Waals surface area contributed by atoms with Gasteiger partial charge in [-0.05, 0) is 31.2 Å². The molecule has 1 unspecified atom stereocenters. The van der Waals surface area contributed by atoms with Gasteiger partial charge in [0.05, 0.1) is 24.9 Å². The van der Waals surface area contributed by atoms with E-state index in [1.165, 1.54) is 17.6 Å². The van der Waals surface area contributed by atoms with Crippen LogP contribution in [-0.4, -0.2) is 27.5 Å². The number of carbonyl (C=O) groups excluding carboxylic acids is 1. The zero-order chi connectivity index (χ0) is 17.0. The van der Waals surface area contributed by atoms with Gasteiger partial charge in [0.25, 0.3) is 0 Å². The van der Waals surface area contributed by atoms with E-state index in [1.54, 1.807) is 31.5 Å². The molecule has 6 nitrogen and oxygen atoms in total. The van der Waals surface area contributed by atoms with E-state index in [0.29, 0.717) is 11.5 Å². The first-order chi connectivity index (χ1) is 11.5. The summed E-state index contributed by atoms with van der Waals surface area (Å²) < 4.78 is 5.18. The maximum atomic E-state index is 12.1. The predicted octanol–water partition coefficient (Wildman–Crippen LogP) is 2.36. The van der Waals surface area contributed by atoms with Crippen LogP contribution in [0.15, 0.2) is 52.7 Å². The summed E-state index contributed by atoms with van der Waals surface area (Å²) in [4.78, 5) is 20.6. The molecule has 0 aliphatic rings. The topological polar surface area (TPSA) is 88.2 Å². The van der Waals surface area contributed by atoms with Crippen molar-refractivity contribution in [2.45, 2.75) is 18.9 Å². The first kappa shape index (κ1) is 16.4. The van der Waals surface area contributed by atoms with E-state index in [1.807, 2.05) is 17.5 Å². The van der Waals surface area contributed by atoms with Crippen LogP contribution in [0.3, 0.4) is 0 Å². The third kappa shape index (κ3) is 3.87. The van der Waals surface area contributed by atoms with Crippen LogP contribution in [0.5, 0.6) is 0 Å². The van der Waals surface area contributed by atoms with Crippen molar-refractivity contribution in [1.29, 1.82) is 0 Å². The van der Waals surface area contributed by atoms with Crippen molar-refractivity contribution in [3.8, 4) is 10.6 Å². The average molecular weight is 343 g/mol. The molecule has 3 rings (SSSR count). The van der Waals surface area contributed by atoms with E-state index in [0.717, 1.165) is 10.6 Å². The second-order valence-electron chi connectivity index (χ2n) is 5.59. The number of furan rings is 1. The maximum absolute atomic E-state index is 12.1. The Morgan fingerprint density at radius 1 is 1.42 bits per heavy atom. The fourth-order valence-corrected chi connectivity index (χ4v) is 2.99. The van der Waals surface area contributed by atoms with Gasteiger partial charge < -0.3 is 14.8 Å². The van der Waals surface area contributed by atoms with Crippen LogP contribution >= 0.6 is 11.3 Å². The lowest BCUT2D eigenvalue weighted by atomic mass is 10.0. The second kappa shape index (κ2) is 6.94. The molecule has 7 heteroatoms. The minimum atomic E-state index is -1.25. The van der Waals surface area contributed by atoms with E-state index in [4.69, 9.17) is 4.42 Å². The van der Waals surface area contributed by atoms with Gasteiger partial charge in [-0.15, -0.1) is 11.3 Å². The molecule has 0 bridgehead atoms. The van der Waals surface area contributed by atoms with Gasteiger partial charge in [-0.25, -0.2) is 4.98 Å². The standard InChI is InChI=1S/C17H17N3O3S/c1-17(22,14-5-3-7-23-14)11-19-15(21)8-13-10-24-16(20-13)12-4-2-6-18-9-12/h2-7,9-10,22H,8,11H2,1H3,(H,19,21). The largest absolute Gasteiger partial charge is 0.466 e. The Labute approximate surface area is 143 Å². The molecule has 0 saturated heterocycles. The Bertz CT molecular complexity index is 798. The summed E-state index contributed by atoms with van der Waals surface area (Å²) in [6.45, 7) is 1.66. The van der Waals surface area contributed by atoms with Crippen LogP contribution in [-0.2, 0) is 16.8 Å². The van der Waals surface area contributed by atoms with E-state index < -0.39 is 5.60 Å². The second-order valence-corrected chi connectivity index (χ2v) is 6.45. The number of pyridine rings is 1. The molecule has 1 amide bonds. The number of rotatable bonds is 6. The van der Waals surface area contributed by atoms with Crippen molar-refractivity contribution < 1.29 is 14.3 Å². The van der Waals surface area contributed by atoms with E-state index >= 15 is 0 Å². The Morgan fingerprint density at radius 2 is 2.29 bits per heavy atom. The van der Waals surface area contributed by atoms with Gasteiger partial charge in [0.15, 0.2) is 0 Å². The highest BCUT2D eigenvalue weighted by Gasteiger charge is 2.26. The average Bonchev–Trinajstić information content (AvgIpc) is 3.26. The third-order valence-corrected chi connectivity index (χ3v) is 4.42. The molecule has 3 heterocycles. The van der Waals surface area contributed by atoms with Crippen molar-refractivity contribution >= 4 is 17.2 Å². The van der Waals surface area contributed by atoms with Gasteiger partial charge in [0.1, 0.15) is 16.4 Å². The van der Waals surface area contributed by atoms with Crippen molar-refractivity contribution in [3.05, 3.63) is 59.8 Å². The number of amides is 1. The summed E-state index contributed by atoms with van der Waals surface area (Å²) in [7, 11) is 0. The zero-order valence-electron chi connectivity index (χ0n) is 13.1. The van der Waals surface area contributed by atoms with Crippen LogP contribution in [0.4, 0.5) is 0 Å². The number of nitrogens with zero attached hydrogens (tertiary/aromatic N) is 2. The summed E-state index contributed by atoms with van der Waals surface area (Å²) in [5.74, 6) is 0.209. The first-order valence-electron chi connectivity index (χ1n) is 7.42. The highest BCUT2D eigenvalue weighted by molar-refractivity contribution is 7.13. The van der Waals surface area contributed by atoms with Crippen LogP contribution in [0.25, 0.3) is 10.6 Å². The van der Waals surface area contributed by atoms with Gasteiger partial charge in [0.2, 0.25) is 5.91 Å². The fraction of sp³-hybridized carbons (Fsp3) is 0.235. The van der Waals surface area contributed by atoms with Gasteiger partial charge in [-0.1, -0.05) is 0 Å². The molecule has 0 aliphatic carbocycles. The molecule has 0 saturated carbocycles. The van der Waals surface area contributed by atoms with Crippen LogP contribution in [0.2, 0.25) is 0 Å². The lowest BCUT2D eigenvalue weighted by Gasteiger charge is -2.20. The quantitative estimate of drug-likeness (QED) is 0.717. The minimum absolute atomic E-state index is 0.0684. The van der Waals surface area contributed by atoms with Crippen molar-refractivity contribution in [2.24, 2.45) is 0 Å². The number of hydrogen-bond acceptors (Lipinski definition) is 6. The highest BCUT2D eigenvalue weighted by atomic mass is 32.1. The van der Waals surface area contributed by atoms with E-state index in [-0.39, 0.29) is 18.9 Å². The summed E-state index contributed by atoms with van der Waals surface area (Å²) in [6.07, 6.45) is 5.09. The summed E-state index contributed by atoms with van der Waals surface area (Å²) in [5, 5.41) is 15.7. The number of aromatic nitrogens is 2. The molecule has 2 N–H and O–H groups in total. The number of thiazole rings is 1. The fourth-order valence-electron chi connectivity index (χ4n) is 2.18. The summed E-state index contributed by atoms with van der Waals surface area (Å²) in [6, 6.07) is 7.14. The number of carbonyl (C=O) groups is 1. The first-order valence-corrected chi connectivity index (χ1v) is 8.30. The molecule has 3 aromatic heterocycles. The Balaban J connectivity index is 1.57. The van der Waals surface area contributed by atoms with Crippen molar-refractivity contribution in [3.63, 3.8) is 0 Å². The van der Waals surface area contributed by atoms with Gasteiger partial charge >= 0.3 is 0 Å². The van der Waals surface area contributed by atoms with Crippen LogP contribution in [0.1, 0.15) is 18.4 Å². The van der Waals surface area contributed by atoms with E-state index in [9.17, 15) is 9.90 Å². The monoisotopic (exact) mass is 343 g/mol. The Hall–Kier alpha value is -2.51. The van der Waals surface area contributed by atoms with Gasteiger partial charge in [-0.2, -0.15) is 0 Å². The SMILES string of the molecule is CC(O)(CNC(=O)Cc1csc(-c2cccnc2)n1)c1ccco1. The smallest absolute Gasteiger partial charge is 0.226 e. The molecule has 0 aromatic carbocycles. The molecule has 0 aliphatic heterocycles. The maximum Gasteiger partial charge on any atom is 0.226 e. The molecule has 124 valence electrons. The molecular weight excluding hydrogens is 326 g/mol. The highest BCUT2D eigenvalue weighted by Crippen LogP contribution is 2.23. The number of nitrogens with one attached hydrogen (secondary N) is 1. The van der Waals surface area contributed by atoms with Gasteiger partial charge in [-0.3, -0.25) is 9.78 Å². The zero-order valence-corrected chi connectivity index (χ0v) is 13.9. The lowest BCUT2D eigenvalue weighted by Crippen LogP contribution is -2.39. The number of aliphatic hydroxyl groups is 1. The normalized spacial score (nSPS) is 13.4. The molecule has 0 fully saturated rings. The summed E-state index contributed by atoms with van der Waals surface area (Å²) >= 11 is 1.47. The molecule has 1 atom stereocenters. The molecule has 0 spiro atoms. The minimum Gasteiger partial charge on any atom is -0.466 e. The Morgan fingerprint density at radius 3 is 3.00 bits per heavy atom. The van der Waals surface area contributed by atoms with Crippen molar-refractivity contribution in [1.82, 2.24) is 15.3 Å². The Kier molecular flexibility index (Phi) is 4.73.